The minimum atomic E-state index is 0. The van der Waals surface area contributed by atoms with Crippen molar-refractivity contribution in [1.29, 1.82) is 0 Å². The van der Waals surface area contributed by atoms with Crippen LogP contribution in [-0.2, 0) is 36.2 Å². The Hall–Kier alpha value is 1.03. The van der Waals surface area contributed by atoms with E-state index in [4.69, 9.17) is 0 Å². The Morgan fingerprint density at radius 1 is 1.20 bits per heavy atom. The maximum atomic E-state index is 2.31. The fourth-order valence-electron chi connectivity index (χ4n) is 1.61. The first-order chi connectivity index (χ1) is 6.20. The molecule has 0 saturated carbocycles. The van der Waals surface area contributed by atoms with Crippen molar-refractivity contribution in [2.24, 2.45) is 0 Å². The van der Waals surface area contributed by atoms with Crippen LogP contribution in [0.3, 0.4) is 0 Å². The molecule has 0 unspecified atom stereocenters. The van der Waals surface area contributed by atoms with Crippen LogP contribution >= 0.6 is 0 Å². The van der Waals surface area contributed by atoms with Crippen molar-refractivity contribution in [3.8, 4) is 0 Å². The Kier molecular flexibility index (Phi) is 12.5. The number of rotatable bonds is 0. The monoisotopic (exact) mass is 337 g/mol. The normalized spacial score (nSPS) is 12.3. The summed E-state index contributed by atoms with van der Waals surface area (Å²) < 4.78 is 0. The van der Waals surface area contributed by atoms with Crippen molar-refractivity contribution in [2.75, 3.05) is 0 Å². The topological polar surface area (TPSA) is 0 Å². The molecule has 0 atom stereocenters. The third-order valence-electron chi connectivity index (χ3n) is 2.15. The van der Waals surface area contributed by atoms with Crippen molar-refractivity contribution >= 4 is 5.43 Å². The van der Waals surface area contributed by atoms with E-state index in [1.54, 1.807) is 34.5 Å². The van der Waals surface area contributed by atoms with Gasteiger partial charge in [0.2, 0.25) is 0 Å². The number of aryl methyl sites for hydroxylation is 2. The van der Waals surface area contributed by atoms with Crippen LogP contribution in [0.15, 0.2) is 18.2 Å². The smallest absolute Gasteiger partial charge is 0.0512 e. The van der Waals surface area contributed by atoms with E-state index in [1.807, 2.05) is 0 Å². The predicted molar refractivity (Wildman–Crippen MR) is 56.2 cm³/mol. The second-order valence-electron chi connectivity index (χ2n) is 3.78. The van der Waals surface area contributed by atoms with E-state index in [-0.39, 0.29) is 30.2 Å². The molecule has 0 aliphatic heterocycles. The molecule has 1 aliphatic rings. The maximum Gasteiger partial charge on any atom is -0.0512 e. The number of hydrogen-bond donors (Lipinski definition) is 0. The van der Waals surface area contributed by atoms with Crippen molar-refractivity contribution in [2.45, 2.75) is 38.8 Å². The summed E-state index contributed by atoms with van der Waals surface area (Å²) in [4.78, 5) is 0. The second kappa shape index (κ2) is 10.2. The maximum absolute atomic E-state index is 2.31. The van der Waals surface area contributed by atoms with Gasteiger partial charge in [-0.3, -0.25) is 0 Å². The van der Waals surface area contributed by atoms with Gasteiger partial charge in [-0.15, -0.1) is 0 Å². The van der Waals surface area contributed by atoms with Crippen LogP contribution in [0.1, 0.15) is 24.0 Å². The summed E-state index contributed by atoms with van der Waals surface area (Å²) in [6.45, 7) is 4.62. The summed E-state index contributed by atoms with van der Waals surface area (Å²) in [7, 11) is 0. The summed E-state index contributed by atoms with van der Waals surface area (Å²) >= 11 is 1.74. The number of fused-ring (bicyclic) bond motifs is 1. The predicted octanol–water partition coefficient (Wildman–Crippen LogP) is -2.92. The van der Waals surface area contributed by atoms with Crippen molar-refractivity contribution in [1.82, 2.24) is 0 Å². The van der Waals surface area contributed by atoms with Gasteiger partial charge in [-0.25, -0.2) is 6.07 Å². The summed E-state index contributed by atoms with van der Waals surface area (Å²) in [5.41, 5.74) is 3.41. The van der Waals surface area contributed by atoms with Gasteiger partial charge in [0.15, 0.2) is 0 Å². The zero-order valence-corrected chi connectivity index (χ0v) is 14.3. The Labute approximate surface area is 121 Å². The molecule has 0 radical (unpaired) electrons. The Bertz CT molecular complexity index is 259. The summed E-state index contributed by atoms with van der Waals surface area (Å²) in [6.07, 6.45) is 5.44. The molecule has 1 aromatic rings. The van der Waals surface area contributed by atoms with Crippen LogP contribution in [0, 0.1) is 0 Å². The Morgan fingerprint density at radius 2 is 1.73 bits per heavy atom. The van der Waals surface area contributed by atoms with Gasteiger partial charge >= 0.3 is 41.9 Å². The number of hydrogen-bond acceptors (Lipinski definition) is 0. The van der Waals surface area contributed by atoms with Gasteiger partial charge in [0.05, 0.1) is 0 Å². The molecule has 0 aromatic heterocycles. The molecule has 0 bridgehead atoms. The molecule has 0 nitrogen and oxygen atoms in total. The van der Waals surface area contributed by atoms with Gasteiger partial charge < -0.3 is 24.8 Å². The molecular formula is C11H17Cl2SiZr-. The van der Waals surface area contributed by atoms with E-state index in [1.165, 1.54) is 25.7 Å². The van der Waals surface area contributed by atoms with E-state index in [0.29, 0.717) is 0 Å². The molecule has 0 heterocycles. The minimum Gasteiger partial charge on any atom is -1.00 e. The zero-order valence-electron chi connectivity index (χ0n) is 9.32. The average molecular weight is 339 g/mol. The van der Waals surface area contributed by atoms with Gasteiger partial charge in [0.25, 0.3) is 0 Å². The van der Waals surface area contributed by atoms with Crippen LogP contribution in [0.25, 0.3) is 0 Å². The second-order valence-corrected chi connectivity index (χ2v) is 13.2. The third kappa shape index (κ3) is 7.85. The van der Waals surface area contributed by atoms with Gasteiger partial charge in [0, 0.05) is 0 Å². The van der Waals surface area contributed by atoms with Gasteiger partial charge in [0.1, 0.15) is 0 Å². The molecule has 1 aliphatic carbocycles. The molecular weight excluding hydrogens is 322 g/mol. The summed E-state index contributed by atoms with van der Waals surface area (Å²) in [6, 6.07) is 6.69. The van der Waals surface area contributed by atoms with Crippen molar-refractivity contribution in [3.63, 3.8) is 0 Å². The SMILES string of the molecule is C[Si](C)=[Zr+2].[Cl-].[Cl-].c1cc2c([cH-]1)CCCC2. The Balaban J connectivity index is 0. The first-order valence-corrected chi connectivity index (χ1v) is 11.1. The van der Waals surface area contributed by atoms with E-state index >= 15 is 0 Å². The fourth-order valence-corrected chi connectivity index (χ4v) is 1.61. The zero-order chi connectivity index (χ0) is 9.68. The van der Waals surface area contributed by atoms with Crippen LogP contribution < -0.4 is 24.8 Å². The first kappa shape index (κ1) is 18.4. The molecule has 0 N–H and O–H groups in total. The molecule has 15 heavy (non-hydrogen) atoms. The van der Waals surface area contributed by atoms with Crippen LogP contribution in [0.5, 0.6) is 0 Å². The standard InChI is InChI=1S/C9H11.C2H6Si.2ClH.Zr/c1-2-5-9-7-3-6-8(9)4-1;1-3-2;;;/h3,6-7H,1-2,4-5H2;1-2H3;2*1H;/q-1;;;;+2/p-2. The Morgan fingerprint density at radius 3 is 2.27 bits per heavy atom. The molecule has 4 heteroatoms. The van der Waals surface area contributed by atoms with E-state index < -0.39 is 0 Å². The number of halogens is 2. The van der Waals surface area contributed by atoms with E-state index in [2.05, 4.69) is 31.3 Å². The van der Waals surface area contributed by atoms with Gasteiger partial charge in [-0.05, 0) is 0 Å². The average Bonchev–Trinajstić information content (AvgIpc) is 2.49. The van der Waals surface area contributed by atoms with Crippen molar-refractivity contribution in [3.05, 3.63) is 29.3 Å². The fraction of sp³-hybridized carbons (Fsp3) is 0.545. The van der Waals surface area contributed by atoms with E-state index in [9.17, 15) is 0 Å². The van der Waals surface area contributed by atoms with Crippen LogP contribution in [0.2, 0.25) is 13.1 Å². The molecule has 0 fully saturated rings. The molecule has 2 rings (SSSR count). The minimum absolute atomic E-state index is 0. The summed E-state index contributed by atoms with van der Waals surface area (Å²) in [5.74, 6) is 0. The van der Waals surface area contributed by atoms with Crippen LogP contribution in [0.4, 0.5) is 0 Å². The van der Waals surface area contributed by atoms with Crippen LogP contribution in [-0.4, -0.2) is 5.43 Å². The molecule has 0 amide bonds. The molecule has 1 aromatic carbocycles. The first-order valence-electron chi connectivity index (χ1n) is 4.95. The van der Waals surface area contributed by atoms with Gasteiger partial charge in [-0.2, -0.15) is 23.3 Å². The molecule has 0 saturated heterocycles. The van der Waals surface area contributed by atoms with Crippen molar-refractivity contribution < 1.29 is 48.1 Å². The molecule has 0 spiro atoms. The van der Waals surface area contributed by atoms with E-state index in [0.717, 1.165) is 0 Å². The summed E-state index contributed by atoms with van der Waals surface area (Å²) in [5, 5.41) is 0. The quantitative estimate of drug-likeness (QED) is 0.351. The third-order valence-corrected chi connectivity index (χ3v) is 2.15. The molecule has 84 valence electrons. The largest absolute Gasteiger partial charge is 1.00 e. The van der Waals surface area contributed by atoms with Gasteiger partial charge in [-0.1, -0.05) is 25.7 Å².